The molecule has 9 heteroatoms. The van der Waals surface area contributed by atoms with Crippen LogP contribution in [0.1, 0.15) is 41.4 Å². The maximum Gasteiger partial charge on any atom is 0.433 e. The minimum atomic E-state index is -4.56. The molecule has 2 amide bonds. The lowest BCUT2D eigenvalue weighted by Gasteiger charge is -2.22. The number of Topliss-reactive ketones (excluding diaryl/α,β-unsaturated/α-hetero) is 1. The number of aromatic nitrogens is 1. The van der Waals surface area contributed by atoms with Gasteiger partial charge in [0.05, 0.1) is 36.1 Å². The summed E-state index contributed by atoms with van der Waals surface area (Å²) in [5.74, 6) is -0.311. The van der Waals surface area contributed by atoms with Crippen molar-refractivity contribution in [1.29, 1.82) is 5.26 Å². The molecule has 30 heavy (non-hydrogen) atoms. The van der Waals surface area contributed by atoms with Crippen LogP contribution in [0, 0.1) is 11.3 Å². The molecule has 0 aliphatic carbocycles. The van der Waals surface area contributed by atoms with Crippen LogP contribution in [0.15, 0.2) is 42.6 Å². The summed E-state index contributed by atoms with van der Waals surface area (Å²) in [6, 6.07) is 9.52. The second-order valence-electron chi connectivity index (χ2n) is 6.98. The number of halogens is 3. The minimum Gasteiger partial charge on any atom is -0.312 e. The number of benzene rings is 1. The maximum absolute atomic E-state index is 13.0. The van der Waals surface area contributed by atoms with Gasteiger partial charge in [-0.05, 0) is 30.7 Å². The predicted molar refractivity (Wildman–Crippen MR) is 103 cm³/mol. The van der Waals surface area contributed by atoms with Crippen molar-refractivity contribution in [1.82, 2.24) is 9.88 Å². The Morgan fingerprint density at radius 2 is 2.07 bits per heavy atom. The lowest BCUT2D eigenvalue weighted by molar-refractivity contribution is -0.141. The molecule has 0 saturated carbocycles. The monoisotopic (exact) mass is 416 g/mol. The Kier molecular flexibility index (Phi) is 6.06. The molecule has 156 valence electrons. The van der Waals surface area contributed by atoms with Gasteiger partial charge < -0.3 is 4.90 Å². The van der Waals surface area contributed by atoms with E-state index in [0.29, 0.717) is 17.5 Å². The molecule has 0 N–H and O–H groups in total. The van der Waals surface area contributed by atoms with Crippen molar-refractivity contribution in [3.63, 3.8) is 0 Å². The number of hydrogen-bond acceptors (Lipinski definition) is 4. The zero-order valence-corrected chi connectivity index (χ0v) is 16.2. The quantitative estimate of drug-likeness (QED) is 0.659. The van der Waals surface area contributed by atoms with E-state index in [0.717, 1.165) is 18.7 Å². The van der Waals surface area contributed by atoms with Crippen molar-refractivity contribution in [2.45, 2.75) is 32.0 Å². The first-order valence-electron chi connectivity index (χ1n) is 9.39. The van der Waals surface area contributed by atoms with Gasteiger partial charge in [0.25, 0.3) is 0 Å². The molecule has 1 aromatic heterocycles. The van der Waals surface area contributed by atoms with E-state index in [-0.39, 0.29) is 30.6 Å². The number of nitriles is 1. The second-order valence-corrected chi connectivity index (χ2v) is 6.98. The third kappa shape index (κ3) is 4.43. The van der Waals surface area contributed by atoms with Gasteiger partial charge in [0, 0.05) is 12.1 Å². The van der Waals surface area contributed by atoms with Crippen LogP contribution in [0.5, 0.6) is 0 Å². The summed E-state index contributed by atoms with van der Waals surface area (Å²) in [6.45, 7) is 2.03. The summed E-state index contributed by atoms with van der Waals surface area (Å²) in [7, 11) is 0. The Hall–Kier alpha value is -3.41. The minimum absolute atomic E-state index is 0.178. The average Bonchev–Trinajstić information content (AvgIpc) is 3.03. The molecule has 1 aliphatic rings. The summed E-state index contributed by atoms with van der Waals surface area (Å²) in [5, 5.41) is 9.00. The van der Waals surface area contributed by atoms with E-state index in [1.807, 2.05) is 13.0 Å². The summed E-state index contributed by atoms with van der Waals surface area (Å²) in [6.07, 6.45) is -2.13. The van der Waals surface area contributed by atoms with E-state index >= 15 is 0 Å². The van der Waals surface area contributed by atoms with Crippen LogP contribution in [0.25, 0.3) is 0 Å². The van der Waals surface area contributed by atoms with Gasteiger partial charge >= 0.3 is 12.2 Å². The number of rotatable bonds is 6. The predicted octanol–water partition coefficient (Wildman–Crippen LogP) is 4.27. The van der Waals surface area contributed by atoms with Crippen LogP contribution in [0.3, 0.4) is 0 Å². The SMILES string of the molecule is CCC[C@H]1CN(c2ccc(C(F)(F)F)nc2)C(=O)N1CC(=O)c1cccc(C#N)c1. The van der Waals surface area contributed by atoms with E-state index in [1.54, 1.807) is 18.2 Å². The smallest absolute Gasteiger partial charge is 0.312 e. The molecular weight excluding hydrogens is 397 g/mol. The number of alkyl halides is 3. The van der Waals surface area contributed by atoms with Crippen LogP contribution in [-0.4, -0.2) is 40.8 Å². The van der Waals surface area contributed by atoms with E-state index in [2.05, 4.69) is 4.98 Å². The van der Waals surface area contributed by atoms with Gasteiger partial charge in [-0.1, -0.05) is 25.5 Å². The van der Waals surface area contributed by atoms with Gasteiger partial charge in [-0.15, -0.1) is 0 Å². The lowest BCUT2D eigenvalue weighted by atomic mass is 10.1. The molecule has 1 fully saturated rings. The van der Waals surface area contributed by atoms with Gasteiger partial charge in [0.15, 0.2) is 5.78 Å². The number of anilines is 1. The molecule has 2 aromatic rings. The highest BCUT2D eigenvalue weighted by Crippen LogP contribution is 2.30. The first-order valence-corrected chi connectivity index (χ1v) is 9.39. The molecule has 3 rings (SSSR count). The van der Waals surface area contributed by atoms with E-state index in [1.165, 1.54) is 21.9 Å². The van der Waals surface area contributed by atoms with Crippen LogP contribution in [0.4, 0.5) is 23.7 Å². The average molecular weight is 416 g/mol. The number of ketones is 1. The third-order valence-electron chi connectivity index (χ3n) is 4.91. The Labute approximate surface area is 171 Å². The number of pyridine rings is 1. The molecule has 0 radical (unpaired) electrons. The Morgan fingerprint density at radius 3 is 2.67 bits per heavy atom. The molecule has 0 spiro atoms. The molecule has 6 nitrogen and oxygen atoms in total. The van der Waals surface area contributed by atoms with Crippen molar-refractivity contribution < 1.29 is 22.8 Å². The zero-order valence-electron chi connectivity index (χ0n) is 16.2. The molecule has 1 saturated heterocycles. The molecule has 1 aromatic carbocycles. The normalized spacial score (nSPS) is 16.6. The number of amides is 2. The fourth-order valence-electron chi connectivity index (χ4n) is 3.41. The van der Waals surface area contributed by atoms with E-state index in [4.69, 9.17) is 5.26 Å². The maximum atomic E-state index is 13.0. The number of nitrogens with zero attached hydrogens (tertiary/aromatic N) is 4. The Morgan fingerprint density at radius 1 is 1.30 bits per heavy atom. The largest absolute Gasteiger partial charge is 0.433 e. The fourth-order valence-corrected chi connectivity index (χ4v) is 3.41. The van der Waals surface area contributed by atoms with Crippen molar-refractivity contribution in [3.8, 4) is 6.07 Å². The number of urea groups is 1. The number of carbonyl (C=O) groups is 2. The highest BCUT2D eigenvalue weighted by atomic mass is 19.4. The van der Waals surface area contributed by atoms with Gasteiger partial charge in [-0.3, -0.25) is 9.69 Å². The summed E-state index contributed by atoms with van der Waals surface area (Å²) in [5.41, 5.74) is -0.120. The third-order valence-corrected chi connectivity index (χ3v) is 4.91. The molecule has 1 aliphatic heterocycles. The number of hydrogen-bond donors (Lipinski definition) is 0. The standard InChI is InChI=1S/C21H19F3N4O2/c1-2-4-17-12-27(16-7-8-19(26-11-16)21(22,23)24)20(30)28(17)13-18(29)15-6-3-5-14(9-15)10-25/h3,5-9,11,17H,2,4,12-13H2,1H3/t17-/m0/s1. The highest BCUT2D eigenvalue weighted by molar-refractivity contribution is 6.02. The summed E-state index contributed by atoms with van der Waals surface area (Å²) < 4.78 is 38.2. The number of carbonyl (C=O) groups excluding carboxylic acids is 2. The Bertz CT molecular complexity index is 983. The molecule has 0 unspecified atom stereocenters. The van der Waals surface area contributed by atoms with E-state index in [9.17, 15) is 22.8 Å². The molecule has 0 bridgehead atoms. The first-order chi connectivity index (χ1) is 14.2. The van der Waals surface area contributed by atoms with Crippen molar-refractivity contribution in [2.75, 3.05) is 18.0 Å². The highest BCUT2D eigenvalue weighted by Gasteiger charge is 2.39. The van der Waals surface area contributed by atoms with Crippen LogP contribution in [0.2, 0.25) is 0 Å². The molecular formula is C21H19F3N4O2. The summed E-state index contributed by atoms with van der Waals surface area (Å²) in [4.78, 5) is 31.9. The van der Waals surface area contributed by atoms with Gasteiger partial charge in [-0.2, -0.15) is 18.4 Å². The zero-order chi connectivity index (χ0) is 21.9. The van der Waals surface area contributed by atoms with Gasteiger partial charge in [-0.25, -0.2) is 9.78 Å². The van der Waals surface area contributed by atoms with Crippen molar-refractivity contribution >= 4 is 17.5 Å². The van der Waals surface area contributed by atoms with Crippen molar-refractivity contribution in [2.24, 2.45) is 0 Å². The molecule has 1 atom stereocenters. The topological polar surface area (TPSA) is 77.3 Å². The molecule has 2 heterocycles. The van der Waals surface area contributed by atoms with Crippen LogP contribution in [-0.2, 0) is 6.18 Å². The van der Waals surface area contributed by atoms with E-state index < -0.39 is 17.9 Å². The van der Waals surface area contributed by atoms with Crippen molar-refractivity contribution in [3.05, 3.63) is 59.4 Å². The van der Waals surface area contributed by atoms with Gasteiger partial charge in [0.1, 0.15) is 5.69 Å². The Balaban J connectivity index is 1.81. The van der Waals surface area contributed by atoms with Gasteiger partial charge in [0.2, 0.25) is 0 Å². The lowest BCUT2D eigenvalue weighted by Crippen LogP contribution is -2.39. The second kappa shape index (κ2) is 8.53. The summed E-state index contributed by atoms with van der Waals surface area (Å²) >= 11 is 0. The first kappa shape index (κ1) is 21.3. The van der Waals surface area contributed by atoms with Crippen LogP contribution >= 0.6 is 0 Å². The fraction of sp³-hybridized carbons (Fsp3) is 0.333. The van der Waals surface area contributed by atoms with Crippen LogP contribution < -0.4 is 4.90 Å².